The maximum absolute atomic E-state index is 12.0. The lowest BCUT2D eigenvalue weighted by molar-refractivity contribution is 0.279. The minimum atomic E-state index is -3.46. The van der Waals surface area contributed by atoms with E-state index in [1.54, 1.807) is 6.92 Å². The molecule has 0 aromatic carbocycles. The van der Waals surface area contributed by atoms with Gasteiger partial charge in [-0.1, -0.05) is 0 Å². The quantitative estimate of drug-likeness (QED) is 0.698. The van der Waals surface area contributed by atoms with Crippen LogP contribution in [0.15, 0.2) is 0 Å². The minimum absolute atomic E-state index is 0.0355. The van der Waals surface area contributed by atoms with Crippen molar-refractivity contribution in [3.63, 3.8) is 0 Å². The standard InChI is InChI=1S/C10H21NO5S2/c1-9(3-2-6-12)11-18(15,16)10-4-7-17(13,14)8-5-10/h9-12H,2-8H2,1H3. The highest BCUT2D eigenvalue weighted by Gasteiger charge is 2.33. The summed E-state index contributed by atoms with van der Waals surface area (Å²) in [5.41, 5.74) is 0. The molecule has 0 radical (unpaired) electrons. The second-order valence-corrected chi connectivity index (χ2v) is 9.08. The van der Waals surface area contributed by atoms with Crippen molar-refractivity contribution in [1.82, 2.24) is 4.72 Å². The Morgan fingerprint density at radius 3 is 2.39 bits per heavy atom. The molecule has 1 aliphatic rings. The Morgan fingerprint density at radius 1 is 1.33 bits per heavy atom. The summed E-state index contributed by atoms with van der Waals surface area (Å²) in [6.45, 7) is 1.78. The van der Waals surface area contributed by atoms with Crippen molar-refractivity contribution >= 4 is 19.9 Å². The third kappa shape index (κ3) is 4.83. The third-order valence-corrected chi connectivity index (χ3v) is 6.90. The van der Waals surface area contributed by atoms with Crippen LogP contribution >= 0.6 is 0 Å². The lowest BCUT2D eigenvalue weighted by Crippen LogP contribution is -2.43. The highest BCUT2D eigenvalue weighted by molar-refractivity contribution is 7.92. The van der Waals surface area contributed by atoms with Crippen LogP contribution in [0.2, 0.25) is 0 Å². The summed E-state index contributed by atoms with van der Waals surface area (Å²) in [7, 11) is -6.50. The molecule has 0 saturated carbocycles. The number of rotatable bonds is 6. The average Bonchev–Trinajstić information content (AvgIpc) is 2.25. The van der Waals surface area contributed by atoms with E-state index >= 15 is 0 Å². The van der Waals surface area contributed by atoms with Crippen LogP contribution in [0.3, 0.4) is 0 Å². The maximum atomic E-state index is 12.0. The molecule has 0 bridgehead atoms. The average molecular weight is 299 g/mol. The van der Waals surface area contributed by atoms with Crippen molar-refractivity contribution in [3.8, 4) is 0 Å². The van der Waals surface area contributed by atoms with Gasteiger partial charge >= 0.3 is 0 Å². The largest absolute Gasteiger partial charge is 0.396 e. The van der Waals surface area contributed by atoms with Crippen LogP contribution in [-0.4, -0.2) is 51.3 Å². The Hall–Kier alpha value is -0.180. The molecular weight excluding hydrogens is 278 g/mol. The minimum Gasteiger partial charge on any atom is -0.396 e. The molecule has 108 valence electrons. The molecule has 18 heavy (non-hydrogen) atoms. The molecule has 1 unspecified atom stereocenters. The Balaban J connectivity index is 2.54. The maximum Gasteiger partial charge on any atom is 0.214 e. The smallest absolute Gasteiger partial charge is 0.214 e. The van der Waals surface area contributed by atoms with Crippen LogP contribution in [0.4, 0.5) is 0 Å². The number of hydrogen-bond acceptors (Lipinski definition) is 5. The first-order valence-corrected chi connectivity index (χ1v) is 9.46. The summed E-state index contributed by atoms with van der Waals surface area (Å²) >= 11 is 0. The van der Waals surface area contributed by atoms with Gasteiger partial charge in [-0.25, -0.2) is 21.6 Å². The van der Waals surface area contributed by atoms with Crippen molar-refractivity contribution in [2.45, 2.75) is 43.9 Å². The van der Waals surface area contributed by atoms with E-state index in [4.69, 9.17) is 5.11 Å². The fourth-order valence-corrected chi connectivity index (χ4v) is 5.53. The zero-order valence-electron chi connectivity index (χ0n) is 10.5. The molecule has 8 heteroatoms. The predicted octanol–water partition coefficient (Wildman–Crippen LogP) is -0.356. The van der Waals surface area contributed by atoms with E-state index in [-0.39, 0.29) is 37.0 Å². The molecule has 0 aromatic rings. The summed E-state index contributed by atoms with van der Waals surface area (Å²) < 4.78 is 49.0. The van der Waals surface area contributed by atoms with Crippen molar-refractivity contribution < 1.29 is 21.9 Å². The highest BCUT2D eigenvalue weighted by atomic mass is 32.2. The van der Waals surface area contributed by atoms with Gasteiger partial charge in [0.2, 0.25) is 10.0 Å². The summed E-state index contributed by atoms with van der Waals surface area (Å²) in [6, 6.07) is -0.235. The number of sulfone groups is 1. The van der Waals surface area contributed by atoms with Crippen LogP contribution in [-0.2, 0) is 19.9 Å². The van der Waals surface area contributed by atoms with Gasteiger partial charge in [-0.15, -0.1) is 0 Å². The number of aliphatic hydroxyl groups excluding tert-OH is 1. The van der Waals surface area contributed by atoms with E-state index in [0.29, 0.717) is 12.8 Å². The fourth-order valence-electron chi connectivity index (χ4n) is 2.01. The molecule has 1 heterocycles. The molecule has 1 aliphatic heterocycles. The Bertz CT molecular complexity index is 443. The van der Waals surface area contributed by atoms with E-state index in [1.165, 1.54) is 0 Å². The van der Waals surface area contributed by atoms with E-state index in [2.05, 4.69) is 4.72 Å². The SMILES string of the molecule is CC(CCCO)NS(=O)(=O)C1CCS(=O)(=O)CC1. The molecule has 6 nitrogen and oxygen atoms in total. The van der Waals surface area contributed by atoms with E-state index < -0.39 is 25.1 Å². The first kappa shape index (κ1) is 15.9. The molecule has 1 atom stereocenters. The normalized spacial score (nSPS) is 22.8. The van der Waals surface area contributed by atoms with Crippen LogP contribution in [0.5, 0.6) is 0 Å². The van der Waals surface area contributed by atoms with Gasteiger partial charge in [0.1, 0.15) is 9.84 Å². The lowest BCUT2D eigenvalue weighted by atomic mass is 10.2. The van der Waals surface area contributed by atoms with Gasteiger partial charge in [0.25, 0.3) is 0 Å². The molecule has 0 aliphatic carbocycles. The highest BCUT2D eigenvalue weighted by Crippen LogP contribution is 2.19. The predicted molar refractivity (Wildman–Crippen MR) is 69.5 cm³/mol. The lowest BCUT2D eigenvalue weighted by Gasteiger charge is -2.24. The summed E-state index contributed by atoms with van der Waals surface area (Å²) in [4.78, 5) is 0. The topological polar surface area (TPSA) is 101 Å². The van der Waals surface area contributed by atoms with Crippen molar-refractivity contribution in [1.29, 1.82) is 0 Å². The van der Waals surface area contributed by atoms with E-state index in [0.717, 1.165) is 0 Å². The number of nitrogens with one attached hydrogen (secondary N) is 1. The Labute approximate surface area is 109 Å². The molecule has 1 fully saturated rings. The van der Waals surface area contributed by atoms with Gasteiger partial charge in [0.15, 0.2) is 0 Å². The van der Waals surface area contributed by atoms with Crippen LogP contribution < -0.4 is 4.72 Å². The second kappa shape index (κ2) is 6.31. The van der Waals surface area contributed by atoms with Crippen molar-refractivity contribution in [2.24, 2.45) is 0 Å². The molecule has 1 rings (SSSR count). The monoisotopic (exact) mass is 299 g/mol. The second-order valence-electron chi connectivity index (χ2n) is 4.78. The molecule has 2 N–H and O–H groups in total. The van der Waals surface area contributed by atoms with Crippen LogP contribution in [0.1, 0.15) is 32.6 Å². The van der Waals surface area contributed by atoms with Crippen molar-refractivity contribution in [2.75, 3.05) is 18.1 Å². The molecule has 1 saturated heterocycles. The Kier molecular flexibility index (Phi) is 5.57. The van der Waals surface area contributed by atoms with Gasteiger partial charge in [-0.3, -0.25) is 0 Å². The number of sulfonamides is 1. The third-order valence-electron chi connectivity index (χ3n) is 3.10. The summed E-state index contributed by atoms with van der Waals surface area (Å²) in [6.07, 6.45) is 1.46. The number of hydrogen-bond donors (Lipinski definition) is 2. The molecular formula is C10H21NO5S2. The van der Waals surface area contributed by atoms with E-state index in [1.807, 2.05) is 0 Å². The molecule has 0 aromatic heterocycles. The first-order chi connectivity index (χ1) is 8.27. The fraction of sp³-hybridized carbons (Fsp3) is 1.00. The molecule has 0 amide bonds. The van der Waals surface area contributed by atoms with Gasteiger partial charge in [0, 0.05) is 12.6 Å². The van der Waals surface area contributed by atoms with E-state index in [9.17, 15) is 16.8 Å². The van der Waals surface area contributed by atoms with Gasteiger partial charge < -0.3 is 5.11 Å². The molecule has 0 spiro atoms. The number of aliphatic hydroxyl groups is 1. The van der Waals surface area contributed by atoms with Crippen LogP contribution in [0.25, 0.3) is 0 Å². The summed E-state index contributed by atoms with van der Waals surface area (Å²) in [5, 5.41) is 8.06. The van der Waals surface area contributed by atoms with Crippen molar-refractivity contribution in [3.05, 3.63) is 0 Å². The Morgan fingerprint density at radius 2 is 1.89 bits per heavy atom. The van der Waals surface area contributed by atoms with Gasteiger partial charge in [-0.05, 0) is 32.6 Å². The zero-order chi connectivity index (χ0) is 13.8. The van der Waals surface area contributed by atoms with Crippen LogP contribution in [0, 0.1) is 0 Å². The first-order valence-electron chi connectivity index (χ1n) is 6.09. The van der Waals surface area contributed by atoms with Gasteiger partial charge in [0.05, 0.1) is 16.8 Å². The van der Waals surface area contributed by atoms with Gasteiger partial charge in [-0.2, -0.15) is 0 Å². The summed E-state index contributed by atoms with van der Waals surface area (Å²) in [5.74, 6) is -0.104. The zero-order valence-corrected chi connectivity index (χ0v) is 12.1.